The van der Waals surface area contributed by atoms with Crippen LogP contribution in [0.3, 0.4) is 0 Å². The highest BCUT2D eigenvalue weighted by molar-refractivity contribution is 7.18. The van der Waals surface area contributed by atoms with Crippen molar-refractivity contribution in [2.24, 2.45) is 0 Å². The van der Waals surface area contributed by atoms with Gasteiger partial charge in [-0.1, -0.05) is 29.5 Å². The van der Waals surface area contributed by atoms with Crippen molar-refractivity contribution in [3.05, 3.63) is 52.0 Å². The van der Waals surface area contributed by atoms with Crippen LogP contribution in [0.5, 0.6) is 5.88 Å². The largest absolute Gasteiger partial charge is 0.492 e. The predicted octanol–water partition coefficient (Wildman–Crippen LogP) is 3.76. The van der Waals surface area contributed by atoms with Gasteiger partial charge in [-0.25, -0.2) is 9.97 Å². The molecule has 1 atom stereocenters. The van der Waals surface area contributed by atoms with E-state index in [1.165, 1.54) is 0 Å². The van der Waals surface area contributed by atoms with Crippen LogP contribution in [0.4, 0.5) is 16.0 Å². The summed E-state index contributed by atoms with van der Waals surface area (Å²) in [6.07, 6.45) is 0. The number of aryl methyl sites for hydroxylation is 2. The number of nitrogens with one attached hydrogen (secondary N) is 4. The molecular weight excluding hydrogens is 474 g/mol. The number of aromatic hydroxyl groups is 1. The van der Waals surface area contributed by atoms with Crippen LogP contribution in [-0.4, -0.2) is 48.9 Å². The Morgan fingerprint density at radius 2 is 2.00 bits per heavy atom. The minimum Gasteiger partial charge on any atom is -0.492 e. The van der Waals surface area contributed by atoms with Gasteiger partial charge in [0.1, 0.15) is 27.1 Å². The number of rotatable bonds is 7. The number of aromatic nitrogens is 3. The summed E-state index contributed by atoms with van der Waals surface area (Å²) >= 11 is 2.11. The van der Waals surface area contributed by atoms with Crippen LogP contribution in [-0.2, 0) is 0 Å². The van der Waals surface area contributed by atoms with E-state index in [4.69, 9.17) is 5.41 Å². The lowest BCUT2D eigenvalue weighted by atomic mass is 10.1. The number of aliphatic hydroxyl groups excluding tert-OH is 1. The van der Waals surface area contributed by atoms with Crippen molar-refractivity contribution in [1.29, 1.82) is 5.41 Å². The summed E-state index contributed by atoms with van der Waals surface area (Å²) in [5.41, 5.74) is 2.33. The van der Waals surface area contributed by atoms with Gasteiger partial charge in [-0.05, 0) is 50.0 Å². The number of aliphatic hydroxyl groups is 1. The summed E-state index contributed by atoms with van der Waals surface area (Å²) in [6.45, 7) is 5.16. The minimum absolute atomic E-state index is 0.0839. The minimum atomic E-state index is -0.371. The molecule has 0 saturated heterocycles. The van der Waals surface area contributed by atoms with Crippen molar-refractivity contribution in [2.45, 2.75) is 26.8 Å². The van der Waals surface area contributed by atoms with Crippen molar-refractivity contribution >= 4 is 61.5 Å². The van der Waals surface area contributed by atoms with E-state index >= 15 is 0 Å². The molecule has 3 aromatic heterocycles. The van der Waals surface area contributed by atoms with Crippen LogP contribution >= 0.6 is 22.9 Å². The molecule has 10 nitrogen and oxygen atoms in total. The number of para-hydroxylation sites is 1. The fourth-order valence-corrected chi connectivity index (χ4v) is 4.85. The standard InChI is InChI=1S/C22H23N7O3S2/c1-10-8-13-6-4-5-7-14(13)26-18(10)27-20(32)16-12(3)25-22(33-16)28-21-15(19(31)29-34-21)17(23)24-11(2)9-30/h4-8,11,30H,9H2,1-3H3,(H2,23,24)(H,25,28)(H,29,31)(H,26,27,32). The van der Waals surface area contributed by atoms with Gasteiger partial charge in [-0.2, -0.15) is 4.37 Å². The summed E-state index contributed by atoms with van der Waals surface area (Å²) in [5, 5.41) is 38.0. The van der Waals surface area contributed by atoms with E-state index in [0.717, 1.165) is 39.3 Å². The second-order valence-electron chi connectivity index (χ2n) is 7.67. The molecule has 1 amide bonds. The smallest absolute Gasteiger partial charge is 0.268 e. The van der Waals surface area contributed by atoms with Gasteiger partial charge in [0.25, 0.3) is 5.91 Å². The number of carbonyl (C=O) groups is 1. The second kappa shape index (κ2) is 9.71. The lowest BCUT2D eigenvalue weighted by Gasteiger charge is -2.13. The number of nitrogens with zero attached hydrogens (tertiary/aromatic N) is 3. The van der Waals surface area contributed by atoms with Crippen LogP contribution in [0.15, 0.2) is 30.3 Å². The highest BCUT2D eigenvalue weighted by Gasteiger charge is 2.22. The Hall–Kier alpha value is -3.61. The number of fused-ring (bicyclic) bond motifs is 1. The fourth-order valence-electron chi connectivity index (χ4n) is 3.23. The van der Waals surface area contributed by atoms with Crippen molar-refractivity contribution < 1.29 is 15.0 Å². The Bertz CT molecular complexity index is 1380. The maximum Gasteiger partial charge on any atom is 0.268 e. The Balaban J connectivity index is 1.54. The fraction of sp³-hybridized carbons (Fsp3) is 0.227. The lowest BCUT2D eigenvalue weighted by Crippen LogP contribution is -2.35. The van der Waals surface area contributed by atoms with E-state index < -0.39 is 0 Å². The van der Waals surface area contributed by atoms with Crippen LogP contribution in [0, 0.1) is 19.3 Å². The third kappa shape index (κ3) is 4.83. The summed E-state index contributed by atoms with van der Waals surface area (Å²) in [7, 11) is 0. The Labute approximate surface area is 203 Å². The number of hydrogen-bond acceptors (Lipinski definition) is 10. The van der Waals surface area contributed by atoms with Crippen molar-refractivity contribution in [3.63, 3.8) is 0 Å². The molecule has 0 radical (unpaired) electrons. The van der Waals surface area contributed by atoms with Crippen LogP contribution in [0.2, 0.25) is 0 Å². The normalized spacial score (nSPS) is 11.9. The highest BCUT2D eigenvalue weighted by atomic mass is 32.1. The van der Waals surface area contributed by atoms with Gasteiger partial charge >= 0.3 is 0 Å². The first-order valence-electron chi connectivity index (χ1n) is 10.3. The van der Waals surface area contributed by atoms with Gasteiger partial charge in [-0.3, -0.25) is 10.2 Å². The first kappa shape index (κ1) is 23.5. The molecular formula is C22H23N7O3S2. The molecule has 0 saturated carbocycles. The maximum atomic E-state index is 13.0. The topological polar surface area (TPSA) is 156 Å². The molecule has 4 rings (SSSR count). The molecule has 0 spiro atoms. The monoisotopic (exact) mass is 497 g/mol. The molecule has 0 aliphatic heterocycles. The molecule has 1 unspecified atom stereocenters. The number of pyridine rings is 1. The Morgan fingerprint density at radius 3 is 2.76 bits per heavy atom. The second-order valence-corrected chi connectivity index (χ2v) is 9.44. The van der Waals surface area contributed by atoms with Crippen LogP contribution in [0.1, 0.15) is 33.4 Å². The van der Waals surface area contributed by atoms with Gasteiger partial charge in [-0.15, -0.1) is 0 Å². The molecule has 34 heavy (non-hydrogen) atoms. The van der Waals surface area contributed by atoms with Gasteiger partial charge in [0.2, 0.25) is 5.88 Å². The first-order valence-corrected chi connectivity index (χ1v) is 11.9. The van der Waals surface area contributed by atoms with Crippen LogP contribution in [0.25, 0.3) is 10.9 Å². The number of amides is 1. The van der Waals surface area contributed by atoms with Crippen molar-refractivity contribution in [3.8, 4) is 5.88 Å². The summed E-state index contributed by atoms with van der Waals surface area (Å²) < 4.78 is 3.90. The zero-order chi connectivity index (χ0) is 24.4. The van der Waals surface area contributed by atoms with Gasteiger partial charge < -0.3 is 26.2 Å². The third-order valence-electron chi connectivity index (χ3n) is 4.96. The Morgan fingerprint density at radius 1 is 1.24 bits per heavy atom. The van der Waals surface area contributed by atoms with E-state index in [1.54, 1.807) is 13.8 Å². The van der Waals surface area contributed by atoms with E-state index in [2.05, 4.69) is 30.3 Å². The van der Waals surface area contributed by atoms with Crippen LogP contribution < -0.4 is 16.0 Å². The van der Waals surface area contributed by atoms with E-state index in [-0.39, 0.29) is 35.8 Å². The zero-order valence-electron chi connectivity index (χ0n) is 18.6. The maximum absolute atomic E-state index is 13.0. The summed E-state index contributed by atoms with van der Waals surface area (Å²) in [5.74, 6) is -0.232. The lowest BCUT2D eigenvalue weighted by molar-refractivity contribution is 0.102. The molecule has 4 aromatic rings. The average Bonchev–Trinajstić information content (AvgIpc) is 3.35. The van der Waals surface area contributed by atoms with Crippen molar-refractivity contribution in [1.82, 2.24) is 19.7 Å². The molecule has 0 fully saturated rings. The number of benzene rings is 1. The van der Waals surface area contributed by atoms with Crippen molar-refractivity contribution in [2.75, 3.05) is 17.2 Å². The number of thiazole rings is 1. The molecule has 0 bridgehead atoms. The summed E-state index contributed by atoms with van der Waals surface area (Å²) in [4.78, 5) is 22.4. The predicted molar refractivity (Wildman–Crippen MR) is 135 cm³/mol. The molecule has 1 aromatic carbocycles. The SMILES string of the molecule is Cc1cc2ccccc2nc1NC(=O)c1sc(Nc2snc(O)c2C(=N)NC(C)CO)nc1C. The number of hydrogen-bond donors (Lipinski definition) is 6. The highest BCUT2D eigenvalue weighted by Crippen LogP contribution is 2.34. The van der Waals surface area contributed by atoms with Gasteiger partial charge in [0.05, 0.1) is 17.8 Å². The molecule has 3 heterocycles. The number of anilines is 3. The summed E-state index contributed by atoms with van der Waals surface area (Å²) in [6, 6.07) is 9.30. The van der Waals surface area contributed by atoms with E-state index in [0.29, 0.717) is 26.5 Å². The number of carbonyl (C=O) groups excluding carboxylic acids is 1. The van der Waals surface area contributed by atoms with E-state index in [1.807, 2.05) is 37.3 Å². The third-order valence-corrected chi connectivity index (χ3v) is 6.78. The molecule has 176 valence electrons. The van der Waals surface area contributed by atoms with Gasteiger partial charge in [0, 0.05) is 11.4 Å². The molecule has 0 aliphatic rings. The average molecular weight is 498 g/mol. The zero-order valence-corrected chi connectivity index (χ0v) is 20.3. The molecule has 6 N–H and O–H groups in total. The quantitative estimate of drug-likeness (QED) is 0.166. The number of amidine groups is 1. The van der Waals surface area contributed by atoms with Gasteiger partial charge in [0.15, 0.2) is 5.13 Å². The van der Waals surface area contributed by atoms with E-state index in [9.17, 15) is 15.0 Å². The Kier molecular flexibility index (Phi) is 6.72. The molecule has 0 aliphatic carbocycles. The molecule has 12 heteroatoms. The first-order chi connectivity index (χ1) is 16.3.